The third kappa shape index (κ3) is 3.71. The Morgan fingerprint density at radius 3 is 3.00 bits per heavy atom. The molecule has 3 N–H and O–H groups in total. The zero-order chi connectivity index (χ0) is 17.1. The van der Waals surface area contributed by atoms with Gasteiger partial charge in [0.1, 0.15) is 11.9 Å². The van der Waals surface area contributed by atoms with E-state index in [0.29, 0.717) is 35.4 Å². The van der Waals surface area contributed by atoms with Crippen LogP contribution < -0.4 is 11.1 Å². The molecule has 0 radical (unpaired) electrons. The van der Waals surface area contributed by atoms with Crippen LogP contribution in [0.2, 0.25) is 0 Å². The second-order valence-corrected chi connectivity index (χ2v) is 6.90. The molecular formula is C16H17Br2N5O. The van der Waals surface area contributed by atoms with Crippen LogP contribution in [0.3, 0.4) is 0 Å². The Bertz CT molecular complexity index is 787. The number of nitrogens with zero attached hydrogens (tertiary/aromatic N) is 3. The summed E-state index contributed by atoms with van der Waals surface area (Å²) in [5, 5.41) is 3.01. The highest BCUT2D eigenvalue weighted by atomic mass is 79.9. The fourth-order valence-corrected chi connectivity index (χ4v) is 3.29. The van der Waals surface area contributed by atoms with Gasteiger partial charge in [0.25, 0.3) is 6.02 Å². The molecule has 0 saturated carbocycles. The zero-order valence-corrected chi connectivity index (χ0v) is 16.0. The highest BCUT2D eigenvalue weighted by Gasteiger charge is 2.26. The van der Waals surface area contributed by atoms with Crippen molar-refractivity contribution < 1.29 is 4.74 Å². The first-order chi connectivity index (χ1) is 11.6. The quantitative estimate of drug-likeness (QED) is 0.534. The standard InChI is InChI=1S/C16H17Br2N5O/c1-2-3-7-24-16-21-13(19)12-14(22-16)23(15(18)20-12)9-10-5-4-6-11(17)8-10/h2,4-6,8,13H,1,3,7,9,19H2,(H,21,22). The van der Waals surface area contributed by atoms with Crippen molar-refractivity contribution in [3.8, 4) is 0 Å². The number of hydrogen-bond acceptors (Lipinski definition) is 5. The van der Waals surface area contributed by atoms with Gasteiger partial charge in [0.05, 0.1) is 13.2 Å². The Morgan fingerprint density at radius 2 is 2.25 bits per heavy atom. The molecule has 24 heavy (non-hydrogen) atoms. The van der Waals surface area contributed by atoms with Crippen molar-refractivity contribution in [3.05, 3.63) is 57.4 Å². The number of nitrogens with one attached hydrogen (secondary N) is 1. The first-order valence-electron chi connectivity index (χ1n) is 7.43. The second kappa shape index (κ2) is 7.50. The third-order valence-corrected chi connectivity index (χ3v) is 4.59. The molecule has 0 amide bonds. The fourth-order valence-electron chi connectivity index (χ4n) is 2.36. The van der Waals surface area contributed by atoms with Gasteiger partial charge in [0, 0.05) is 4.47 Å². The van der Waals surface area contributed by atoms with E-state index in [9.17, 15) is 0 Å². The van der Waals surface area contributed by atoms with Crippen LogP contribution in [-0.4, -0.2) is 22.2 Å². The topological polar surface area (TPSA) is 77.5 Å². The molecule has 126 valence electrons. The molecule has 1 unspecified atom stereocenters. The minimum Gasteiger partial charge on any atom is -0.465 e. The number of ether oxygens (including phenoxy) is 1. The van der Waals surface area contributed by atoms with E-state index in [4.69, 9.17) is 10.5 Å². The summed E-state index contributed by atoms with van der Waals surface area (Å²) in [5.74, 6) is 0.696. The molecule has 0 saturated heterocycles. The number of aromatic nitrogens is 2. The number of nitrogens with two attached hydrogens (primary N) is 1. The summed E-state index contributed by atoms with van der Waals surface area (Å²) in [5.41, 5.74) is 7.96. The number of benzene rings is 1. The van der Waals surface area contributed by atoms with E-state index in [-0.39, 0.29) is 0 Å². The maximum absolute atomic E-state index is 6.14. The lowest BCUT2D eigenvalue weighted by Gasteiger charge is -2.21. The van der Waals surface area contributed by atoms with Crippen LogP contribution in [0.4, 0.5) is 5.82 Å². The summed E-state index contributed by atoms with van der Waals surface area (Å²) >= 11 is 6.99. The molecule has 0 aliphatic carbocycles. The fraction of sp³-hybridized carbons (Fsp3) is 0.250. The van der Waals surface area contributed by atoms with Gasteiger partial charge in [-0.05, 0) is 40.0 Å². The molecule has 1 aliphatic rings. The van der Waals surface area contributed by atoms with Gasteiger partial charge in [-0.15, -0.1) is 6.58 Å². The maximum atomic E-state index is 6.14. The highest BCUT2D eigenvalue weighted by molar-refractivity contribution is 9.10. The third-order valence-electron chi connectivity index (χ3n) is 3.49. The Kier molecular flexibility index (Phi) is 5.37. The summed E-state index contributed by atoms with van der Waals surface area (Å²) in [6.45, 7) is 4.80. The number of imidazole rings is 1. The number of hydrogen-bond donors (Lipinski definition) is 2. The van der Waals surface area contributed by atoms with Gasteiger partial charge < -0.3 is 15.8 Å². The number of amidine groups is 1. The number of rotatable bonds is 5. The van der Waals surface area contributed by atoms with E-state index in [0.717, 1.165) is 16.5 Å². The summed E-state index contributed by atoms with van der Waals surface area (Å²) in [6, 6.07) is 8.50. The second-order valence-electron chi connectivity index (χ2n) is 5.27. The van der Waals surface area contributed by atoms with Crippen LogP contribution in [0.15, 0.2) is 51.1 Å². The molecule has 0 fully saturated rings. The van der Waals surface area contributed by atoms with Crippen LogP contribution in [0.1, 0.15) is 23.8 Å². The molecule has 8 heteroatoms. The van der Waals surface area contributed by atoms with Crippen LogP contribution >= 0.6 is 31.9 Å². The minimum atomic E-state index is -0.462. The Hall–Kier alpha value is -1.64. The van der Waals surface area contributed by atoms with Crippen LogP contribution in [-0.2, 0) is 11.3 Å². The molecular weight excluding hydrogens is 438 g/mol. The summed E-state index contributed by atoms with van der Waals surface area (Å²) in [6.07, 6.45) is 2.07. The molecule has 3 rings (SSSR count). The molecule has 1 aliphatic heterocycles. The summed E-state index contributed by atoms with van der Waals surface area (Å²) < 4.78 is 9.28. The van der Waals surface area contributed by atoms with Gasteiger partial charge in [-0.25, -0.2) is 4.98 Å². The van der Waals surface area contributed by atoms with Crippen molar-refractivity contribution in [2.75, 3.05) is 6.61 Å². The Morgan fingerprint density at radius 1 is 1.42 bits per heavy atom. The van der Waals surface area contributed by atoms with Crippen molar-refractivity contribution in [1.82, 2.24) is 14.9 Å². The predicted molar refractivity (Wildman–Crippen MR) is 101 cm³/mol. The van der Waals surface area contributed by atoms with Gasteiger partial charge >= 0.3 is 0 Å². The average Bonchev–Trinajstić information content (AvgIpc) is 2.85. The van der Waals surface area contributed by atoms with Crippen molar-refractivity contribution in [2.45, 2.75) is 19.1 Å². The SMILES string of the molecule is C=CCCOC1=Nc2c(nc(Br)n2Cc2cccc(Br)c2)C(N)N1. The van der Waals surface area contributed by atoms with Crippen molar-refractivity contribution in [2.24, 2.45) is 10.7 Å². The van der Waals surface area contributed by atoms with Crippen LogP contribution in [0.5, 0.6) is 0 Å². The maximum Gasteiger partial charge on any atom is 0.292 e. The first kappa shape index (κ1) is 17.2. The average molecular weight is 455 g/mol. The van der Waals surface area contributed by atoms with Gasteiger partial charge in [-0.1, -0.05) is 34.1 Å². The largest absolute Gasteiger partial charge is 0.465 e. The molecule has 1 aromatic carbocycles. The predicted octanol–water partition coefficient (Wildman–Crippen LogP) is 3.60. The molecule has 2 aromatic rings. The monoisotopic (exact) mass is 453 g/mol. The van der Waals surface area contributed by atoms with Crippen molar-refractivity contribution >= 4 is 43.7 Å². The van der Waals surface area contributed by atoms with E-state index < -0.39 is 6.17 Å². The molecule has 1 aromatic heterocycles. The highest BCUT2D eigenvalue weighted by Crippen LogP contribution is 2.31. The zero-order valence-electron chi connectivity index (χ0n) is 12.9. The summed E-state index contributed by atoms with van der Waals surface area (Å²) in [7, 11) is 0. The number of halogens is 2. The van der Waals surface area contributed by atoms with E-state index in [1.54, 1.807) is 6.08 Å². The molecule has 0 bridgehead atoms. The van der Waals surface area contributed by atoms with Gasteiger partial charge in [0.15, 0.2) is 10.6 Å². The van der Waals surface area contributed by atoms with Gasteiger partial charge in [-0.2, -0.15) is 4.99 Å². The first-order valence-corrected chi connectivity index (χ1v) is 9.02. The Labute approximate surface area is 157 Å². The lowest BCUT2D eigenvalue weighted by atomic mass is 10.2. The smallest absolute Gasteiger partial charge is 0.292 e. The molecule has 1 atom stereocenters. The Balaban J connectivity index is 1.91. The van der Waals surface area contributed by atoms with E-state index in [2.05, 4.69) is 65.9 Å². The van der Waals surface area contributed by atoms with E-state index in [1.165, 1.54) is 0 Å². The van der Waals surface area contributed by atoms with Crippen molar-refractivity contribution in [1.29, 1.82) is 0 Å². The van der Waals surface area contributed by atoms with Crippen LogP contribution in [0.25, 0.3) is 0 Å². The molecule has 0 spiro atoms. The normalized spacial score (nSPS) is 16.1. The van der Waals surface area contributed by atoms with Gasteiger partial charge in [0.2, 0.25) is 0 Å². The number of fused-ring (bicyclic) bond motifs is 1. The van der Waals surface area contributed by atoms with Crippen LogP contribution in [0, 0.1) is 0 Å². The lowest BCUT2D eigenvalue weighted by Crippen LogP contribution is -2.38. The van der Waals surface area contributed by atoms with Gasteiger partial charge in [-0.3, -0.25) is 4.57 Å². The van der Waals surface area contributed by atoms with E-state index in [1.807, 2.05) is 16.7 Å². The summed E-state index contributed by atoms with van der Waals surface area (Å²) in [4.78, 5) is 9.02. The minimum absolute atomic E-state index is 0.403. The number of aliphatic imine (C=N–C) groups is 1. The lowest BCUT2D eigenvalue weighted by molar-refractivity contribution is 0.288. The molecule has 2 heterocycles. The molecule has 6 nitrogen and oxygen atoms in total. The van der Waals surface area contributed by atoms with Crippen molar-refractivity contribution in [3.63, 3.8) is 0 Å². The van der Waals surface area contributed by atoms with E-state index >= 15 is 0 Å².